The highest BCUT2D eigenvalue weighted by atomic mass is 32.1. The van der Waals surface area contributed by atoms with Crippen molar-refractivity contribution in [3.63, 3.8) is 0 Å². The van der Waals surface area contributed by atoms with Crippen molar-refractivity contribution in [2.24, 2.45) is 11.7 Å². The predicted octanol–water partition coefficient (Wildman–Crippen LogP) is 1.82. The van der Waals surface area contributed by atoms with E-state index in [0.29, 0.717) is 17.1 Å². The Labute approximate surface area is 105 Å². The van der Waals surface area contributed by atoms with Crippen molar-refractivity contribution in [2.75, 3.05) is 13.6 Å². The Bertz CT molecular complexity index is 436. The minimum atomic E-state index is -0.424. The zero-order valence-corrected chi connectivity index (χ0v) is 10.6. The zero-order valence-electron chi connectivity index (χ0n) is 9.81. The van der Waals surface area contributed by atoms with E-state index >= 15 is 0 Å². The van der Waals surface area contributed by atoms with Gasteiger partial charge >= 0.3 is 0 Å². The SMILES string of the molecule is CC(CN(C)C(=O)c1cccc(F)c1)C(N)=S. The monoisotopic (exact) mass is 254 g/mol. The number of nitrogens with zero attached hydrogens (tertiary/aromatic N) is 1. The third-order valence-corrected chi connectivity index (χ3v) is 2.85. The first-order chi connectivity index (χ1) is 7.91. The molecule has 0 radical (unpaired) electrons. The molecule has 17 heavy (non-hydrogen) atoms. The maximum absolute atomic E-state index is 13.0. The van der Waals surface area contributed by atoms with Crippen LogP contribution in [0.25, 0.3) is 0 Å². The van der Waals surface area contributed by atoms with Crippen LogP contribution in [-0.2, 0) is 0 Å². The molecule has 92 valence electrons. The second-order valence-electron chi connectivity index (χ2n) is 4.00. The smallest absolute Gasteiger partial charge is 0.253 e. The molecule has 0 aromatic heterocycles. The first-order valence-corrected chi connectivity index (χ1v) is 5.63. The van der Waals surface area contributed by atoms with Gasteiger partial charge in [-0.05, 0) is 18.2 Å². The summed E-state index contributed by atoms with van der Waals surface area (Å²) in [6.07, 6.45) is 0. The van der Waals surface area contributed by atoms with E-state index in [1.165, 1.54) is 23.1 Å². The third kappa shape index (κ3) is 3.78. The van der Waals surface area contributed by atoms with Crippen molar-refractivity contribution in [2.45, 2.75) is 6.92 Å². The molecule has 0 aliphatic heterocycles. The minimum Gasteiger partial charge on any atom is -0.393 e. The third-order valence-electron chi connectivity index (χ3n) is 2.45. The molecule has 0 heterocycles. The average Bonchev–Trinajstić information content (AvgIpc) is 2.27. The molecule has 0 bridgehead atoms. The number of rotatable bonds is 4. The van der Waals surface area contributed by atoms with Gasteiger partial charge < -0.3 is 10.6 Å². The van der Waals surface area contributed by atoms with Crippen LogP contribution in [0.5, 0.6) is 0 Å². The van der Waals surface area contributed by atoms with Crippen molar-refractivity contribution in [3.05, 3.63) is 35.6 Å². The van der Waals surface area contributed by atoms with E-state index < -0.39 is 5.82 Å². The summed E-state index contributed by atoms with van der Waals surface area (Å²) in [7, 11) is 1.64. The van der Waals surface area contributed by atoms with Gasteiger partial charge in [0.2, 0.25) is 0 Å². The Balaban J connectivity index is 2.73. The molecule has 0 saturated carbocycles. The average molecular weight is 254 g/mol. The molecule has 0 saturated heterocycles. The number of amides is 1. The summed E-state index contributed by atoms with van der Waals surface area (Å²) < 4.78 is 13.0. The summed E-state index contributed by atoms with van der Waals surface area (Å²) in [6, 6.07) is 5.60. The maximum atomic E-state index is 13.0. The van der Waals surface area contributed by atoms with Gasteiger partial charge in [-0.15, -0.1) is 0 Å². The van der Waals surface area contributed by atoms with E-state index in [-0.39, 0.29) is 11.8 Å². The first-order valence-electron chi connectivity index (χ1n) is 5.22. The van der Waals surface area contributed by atoms with Crippen LogP contribution in [0.1, 0.15) is 17.3 Å². The quantitative estimate of drug-likeness (QED) is 0.834. The van der Waals surface area contributed by atoms with E-state index in [9.17, 15) is 9.18 Å². The van der Waals surface area contributed by atoms with Crippen molar-refractivity contribution in [1.29, 1.82) is 0 Å². The number of hydrogen-bond acceptors (Lipinski definition) is 2. The van der Waals surface area contributed by atoms with Gasteiger partial charge in [-0.1, -0.05) is 25.2 Å². The lowest BCUT2D eigenvalue weighted by atomic mass is 10.1. The molecule has 0 aliphatic carbocycles. The Morgan fingerprint density at radius 1 is 1.59 bits per heavy atom. The molecular weight excluding hydrogens is 239 g/mol. The number of hydrogen-bond donors (Lipinski definition) is 1. The Morgan fingerprint density at radius 2 is 2.24 bits per heavy atom. The van der Waals surface area contributed by atoms with Crippen LogP contribution in [0.4, 0.5) is 4.39 Å². The molecule has 0 aliphatic rings. The first kappa shape index (κ1) is 13.6. The molecule has 0 spiro atoms. The molecule has 1 aromatic carbocycles. The van der Waals surface area contributed by atoms with Crippen LogP contribution in [0, 0.1) is 11.7 Å². The normalized spacial score (nSPS) is 11.9. The number of benzene rings is 1. The Hall–Kier alpha value is -1.49. The van der Waals surface area contributed by atoms with Gasteiger partial charge in [0.05, 0.1) is 4.99 Å². The lowest BCUT2D eigenvalue weighted by Crippen LogP contribution is -2.35. The molecule has 1 amide bonds. The number of nitrogens with two attached hydrogens (primary N) is 1. The summed E-state index contributed by atoms with van der Waals surface area (Å²) >= 11 is 4.84. The Morgan fingerprint density at radius 3 is 2.76 bits per heavy atom. The molecule has 1 atom stereocenters. The highest BCUT2D eigenvalue weighted by molar-refractivity contribution is 7.80. The van der Waals surface area contributed by atoms with Crippen molar-refractivity contribution in [3.8, 4) is 0 Å². The summed E-state index contributed by atoms with van der Waals surface area (Å²) in [5.74, 6) is -0.730. The van der Waals surface area contributed by atoms with E-state index in [1.54, 1.807) is 13.1 Å². The van der Waals surface area contributed by atoms with Crippen LogP contribution >= 0.6 is 12.2 Å². The fourth-order valence-electron chi connectivity index (χ4n) is 1.43. The number of carbonyl (C=O) groups is 1. The molecule has 5 heteroatoms. The van der Waals surface area contributed by atoms with E-state index in [4.69, 9.17) is 18.0 Å². The standard InChI is InChI=1S/C12H15FN2OS/c1-8(11(14)17)7-15(2)12(16)9-4-3-5-10(13)6-9/h3-6,8H,7H2,1-2H3,(H2,14,17). The number of halogens is 1. The summed E-state index contributed by atoms with van der Waals surface area (Å²) in [5.41, 5.74) is 5.80. The van der Waals surface area contributed by atoms with Gasteiger partial charge in [-0.3, -0.25) is 4.79 Å². The highest BCUT2D eigenvalue weighted by Gasteiger charge is 2.15. The van der Waals surface area contributed by atoms with Crippen LogP contribution in [0.2, 0.25) is 0 Å². The lowest BCUT2D eigenvalue weighted by Gasteiger charge is -2.21. The Kier molecular flexibility index (Phi) is 4.57. The maximum Gasteiger partial charge on any atom is 0.253 e. The van der Waals surface area contributed by atoms with Gasteiger partial charge in [0.25, 0.3) is 5.91 Å². The van der Waals surface area contributed by atoms with Crippen LogP contribution in [0.3, 0.4) is 0 Å². The zero-order chi connectivity index (χ0) is 13.0. The lowest BCUT2D eigenvalue weighted by molar-refractivity contribution is 0.0786. The molecule has 1 unspecified atom stereocenters. The predicted molar refractivity (Wildman–Crippen MR) is 69.3 cm³/mol. The molecule has 0 fully saturated rings. The van der Waals surface area contributed by atoms with E-state index in [1.807, 2.05) is 6.92 Å². The molecule has 3 nitrogen and oxygen atoms in total. The van der Waals surface area contributed by atoms with E-state index in [2.05, 4.69) is 0 Å². The van der Waals surface area contributed by atoms with Gasteiger partial charge in [-0.25, -0.2) is 4.39 Å². The summed E-state index contributed by atoms with van der Waals surface area (Å²) in [4.78, 5) is 13.8. The van der Waals surface area contributed by atoms with Crippen molar-refractivity contribution >= 4 is 23.1 Å². The molecule has 1 aromatic rings. The number of thiocarbonyl (C=S) groups is 1. The van der Waals surface area contributed by atoms with Crippen LogP contribution in [0.15, 0.2) is 24.3 Å². The second-order valence-corrected chi connectivity index (χ2v) is 4.47. The topological polar surface area (TPSA) is 46.3 Å². The minimum absolute atomic E-state index is 0.0625. The summed E-state index contributed by atoms with van der Waals surface area (Å²) in [5, 5.41) is 0. The largest absolute Gasteiger partial charge is 0.393 e. The fourth-order valence-corrected chi connectivity index (χ4v) is 1.50. The fraction of sp³-hybridized carbons (Fsp3) is 0.333. The van der Waals surface area contributed by atoms with Gasteiger partial charge in [0.15, 0.2) is 0 Å². The molecular formula is C12H15FN2OS. The van der Waals surface area contributed by atoms with Gasteiger partial charge in [0.1, 0.15) is 5.82 Å². The van der Waals surface area contributed by atoms with Gasteiger partial charge in [0, 0.05) is 25.1 Å². The van der Waals surface area contributed by atoms with Gasteiger partial charge in [-0.2, -0.15) is 0 Å². The van der Waals surface area contributed by atoms with Crippen molar-refractivity contribution in [1.82, 2.24) is 4.90 Å². The van der Waals surface area contributed by atoms with E-state index in [0.717, 1.165) is 0 Å². The molecule has 1 rings (SSSR count). The molecule has 2 N–H and O–H groups in total. The highest BCUT2D eigenvalue weighted by Crippen LogP contribution is 2.08. The number of carbonyl (C=O) groups excluding carboxylic acids is 1. The van der Waals surface area contributed by atoms with Crippen LogP contribution < -0.4 is 5.73 Å². The second kappa shape index (κ2) is 5.72. The summed E-state index contributed by atoms with van der Waals surface area (Å²) in [6.45, 7) is 2.27. The van der Waals surface area contributed by atoms with Crippen LogP contribution in [-0.4, -0.2) is 29.4 Å². The van der Waals surface area contributed by atoms with Crippen molar-refractivity contribution < 1.29 is 9.18 Å².